The molecule has 3 rings (SSSR count). The molecule has 2 heterocycles. The largest absolute Gasteiger partial charge is 0.496 e. The number of halogens is 2. The highest BCUT2D eigenvalue weighted by molar-refractivity contribution is 6.32. The monoisotopic (exact) mass is 408 g/mol. The van der Waals surface area contributed by atoms with Gasteiger partial charge in [0.2, 0.25) is 0 Å². The van der Waals surface area contributed by atoms with Gasteiger partial charge in [0.05, 0.1) is 30.5 Å². The van der Waals surface area contributed by atoms with Crippen LogP contribution in [0.4, 0.5) is 0 Å². The molecule has 1 aromatic carbocycles. The molecule has 2 N–H and O–H groups in total. The van der Waals surface area contributed by atoms with E-state index in [0.717, 1.165) is 0 Å². The number of aromatic amines is 2. The Bertz CT molecular complexity index is 1130. The van der Waals surface area contributed by atoms with E-state index in [0.29, 0.717) is 33.6 Å². The quantitative estimate of drug-likeness (QED) is 0.668. The zero-order chi connectivity index (χ0) is 19.6. The first-order valence-corrected chi connectivity index (χ1v) is 8.40. The van der Waals surface area contributed by atoms with Gasteiger partial charge in [-0.05, 0) is 30.4 Å². The van der Waals surface area contributed by atoms with E-state index in [1.165, 1.54) is 20.3 Å². The SMILES string of the molecule is COc1cc(-c2ccc(C=Cc3[nH]c(=O)[nH]c(=O)c3Cl)o2)c(OC)cc1Cl. The van der Waals surface area contributed by atoms with Crippen LogP contribution in [0.5, 0.6) is 11.5 Å². The van der Waals surface area contributed by atoms with Crippen LogP contribution in [0.2, 0.25) is 10.0 Å². The Morgan fingerprint density at radius 3 is 2.44 bits per heavy atom. The molecule has 0 aliphatic carbocycles. The van der Waals surface area contributed by atoms with E-state index >= 15 is 0 Å². The smallest absolute Gasteiger partial charge is 0.326 e. The van der Waals surface area contributed by atoms with E-state index in [2.05, 4.69) is 4.98 Å². The van der Waals surface area contributed by atoms with Crippen LogP contribution < -0.4 is 20.7 Å². The summed E-state index contributed by atoms with van der Waals surface area (Å²) in [4.78, 5) is 27.4. The molecule has 0 fully saturated rings. The maximum Gasteiger partial charge on any atom is 0.326 e. The minimum atomic E-state index is -0.668. The van der Waals surface area contributed by atoms with Gasteiger partial charge in [0.25, 0.3) is 5.56 Å². The minimum Gasteiger partial charge on any atom is -0.496 e. The molecular weight excluding hydrogens is 395 g/mol. The zero-order valence-electron chi connectivity index (χ0n) is 14.3. The van der Waals surface area contributed by atoms with E-state index in [4.69, 9.17) is 37.1 Å². The Morgan fingerprint density at radius 1 is 1.00 bits per heavy atom. The van der Waals surface area contributed by atoms with Gasteiger partial charge in [-0.1, -0.05) is 23.2 Å². The summed E-state index contributed by atoms with van der Waals surface area (Å²) in [6.07, 6.45) is 3.04. The number of H-pyrrole nitrogens is 2. The van der Waals surface area contributed by atoms with Crippen molar-refractivity contribution in [3.8, 4) is 22.8 Å². The summed E-state index contributed by atoms with van der Waals surface area (Å²) in [6.45, 7) is 0. The molecule has 0 atom stereocenters. The van der Waals surface area contributed by atoms with E-state index < -0.39 is 11.2 Å². The summed E-state index contributed by atoms with van der Waals surface area (Å²) in [5.74, 6) is 1.99. The van der Waals surface area contributed by atoms with Crippen LogP contribution in [0.25, 0.3) is 23.5 Å². The number of nitrogens with one attached hydrogen (secondary N) is 2. The number of furan rings is 1. The fraction of sp³-hybridized carbons (Fsp3) is 0.111. The van der Waals surface area contributed by atoms with Crippen LogP contribution in [0.1, 0.15) is 11.5 Å². The molecule has 0 aliphatic heterocycles. The van der Waals surface area contributed by atoms with Gasteiger partial charge in [0.15, 0.2) is 0 Å². The molecule has 7 nitrogen and oxygen atoms in total. The van der Waals surface area contributed by atoms with Crippen molar-refractivity contribution in [2.24, 2.45) is 0 Å². The van der Waals surface area contributed by atoms with Gasteiger partial charge in [-0.25, -0.2) is 4.79 Å². The van der Waals surface area contributed by atoms with Crippen molar-refractivity contribution in [3.63, 3.8) is 0 Å². The summed E-state index contributed by atoms with van der Waals surface area (Å²) < 4.78 is 16.4. The number of hydrogen-bond acceptors (Lipinski definition) is 5. The number of hydrogen-bond donors (Lipinski definition) is 2. The zero-order valence-corrected chi connectivity index (χ0v) is 15.8. The van der Waals surface area contributed by atoms with Gasteiger partial charge in [-0.3, -0.25) is 9.78 Å². The predicted octanol–water partition coefficient (Wildman–Crippen LogP) is 3.82. The third-order valence-electron chi connectivity index (χ3n) is 3.69. The van der Waals surface area contributed by atoms with Crippen LogP contribution >= 0.6 is 23.2 Å². The lowest BCUT2D eigenvalue weighted by Gasteiger charge is -2.10. The highest BCUT2D eigenvalue weighted by Crippen LogP contribution is 2.39. The van der Waals surface area contributed by atoms with Crippen LogP contribution in [-0.4, -0.2) is 24.2 Å². The molecule has 0 unspecified atom stereocenters. The third kappa shape index (κ3) is 3.94. The van der Waals surface area contributed by atoms with Crippen molar-refractivity contribution in [1.29, 1.82) is 0 Å². The molecule has 2 aromatic heterocycles. The standard InChI is InChI=1S/C18H14Cl2N2O5/c1-25-14-8-11(19)15(26-2)7-10(14)13-6-4-9(27-13)3-5-12-16(20)17(23)22-18(24)21-12/h3-8H,1-2H3,(H2,21,22,23,24). The fourth-order valence-corrected chi connectivity index (χ4v) is 2.80. The Kier molecular flexibility index (Phi) is 5.43. The first kappa shape index (κ1) is 18.9. The normalized spacial score (nSPS) is 11.1. The van der Waals surface area contributed by atoms with Crippen molar-refractivity contribution >= 4 is 35.4 Å². The molecule has 140 valence electrons. The Labute approximate surface area is 163 Å². The molecule has 9 heteroatoms. The lowest BCUT2D eigenvalue weighted by atomic mass is 10.1. The van der Waals surface area contributed by atoms with Gasteiger partial charge in [0.1, 0.15) is 28.0 Å². The number of benzene rings is 1. The van der Waals surface area contributed by atoms with Crippen molar-refractivity contribution in [2.45, 2.75) is 0 Å². The van der Waals surface area contributed by atoms with Crippen molar-refractivity contribution in [1.82, 2.24) is 9.97 Å². The van der Waals surface area contributed by atoms with Crippen LogP contribution in [0.3, 0.4) is 0 Å². The minimum absolute atomic E-state index is 0.123. The topological polar surface area (TPSA) is 97.3 Å². The Hall–Kier alpha value is -2.90. The molecule has 0 amide bonds. The van der Waals surface area contributed by atoms with E-state index in [9.17, 15) is 9.59 Å². The maximum absolute atomic E-state index is 11.5. The molecule has 3 aromatic rings. The highest BCUT2D eigenvalue weighted by atomic mass is 35.5. The van der Waals surface area contributed by atoms with Crippen molar-refractivity contribution in [3.05, 3.63) is 66.6 Å². The second kappa shape index (κ2) is 7.77. The Balaban J connectivity index is 1.97. The average Bonchev–Trinajstić information content (AvgIpc) is 3.11. The molecule has 0 aliphatic rings. The van der Waals surface area contributed by atoms with Crippen molar-refractivity contribution in [2.75, 3.05) is 14.2 Å². The fourth-order valence-electron chi connectivity index (χ4n) is 2.41. The predicted molar refractivity (Wildman–Crippen MR) is 104 cm³/mol. The van der Waals surface area contributed by atoms with Crippen LogP contribution in [-0.2, 0) is 0 Å². The first-order chi connectivity index (χ1) is 12.9. The average molecular weight is 409 g/mol. The van der Waals surface area contributed by atoms with Gasteiger partial charge in [0, 0.05) is 6.07 Å². The summed E-state index contributed by atoms with van der Waals surface area (Å²) in [5.41, 5.74) is -0.490. The number of aromatic nitrogens is 2. The maximum atomic E-state index is 11.5. The summed E-state index contributed by atoms with van der Waals surface area (Å²) in [6, 6.07) is 6.80. The van der Waals surface area contributed by atoms with E-state index in [1.54, 1.807) is 30.3 Å². The first-order valence-electron chi connectivity index (χ1n) is 7.65. The molecule has 27 heavy (non-hydrogen) atoms. The van der Waals surface area contributed by atoms with E-state index in [-0.39, 0.29) is 10.7 Å². The lowest BCUT2D eigenvalue weighted by molar-refractivity contribution is 0.403. The number of methoxy groups -OCH3 is 2. The van der Waals surface area contributed by atoms with Crippen LogP contribution in [0, 0.1) is 0 Å². The van der Waals surface area contributed by atoms with Gasteiger partial charge >= 0.3 is 5.69 Å². The van der Waals surface area contributed by atoms with Gasteiger partial charge in [-0.15, -0.1) is 0 Å². The third-order valence-corrected chi connectivity index (χ3v) is 4.36. The number of rotatable bonds is 5. The van der Waals surface area contributed by atoms with E-state index in [1.807, 2.05) is 4.98 Å². The Morgan fingerprint density at radius 2 is 1.74 bits per heavy atom. The van der Waals surface area contributed by atoms with Gasteiger partial charge in [-0.2, -0.15) is 0 Å². The second-order valence-electron chi connectivity index (χ2n) is 5.36. The number of ether oxygens (including phenoxy) is 2. The van der Waals surface area contributed by atoms with Crippen molar-refractivity contribution < 1.29 is 13.9 Å². The molecule has 0 radical (unpaired) electrons. The summed E-state index contributed by atoms with van der Waals surface area (Å²) >= 11 is 12.0. The highest BCUT2D eigenvalue weighted by Gasteiger charge is 2.14. The molecule has 0 spiro atoms. The second-order valence-corrected chi connectivity index (χ2v) is 6.14. The molecule has 0 saturated carbocycles. The summed E-state index contributed by atoms with van der Waals surface area (Å²) in [7, 11) is 3.04. The molecule has 0 saturated heterocycles. The van der Waals surface area contributed by atoms with Gasteiger partial charge < -0.3 is 18.9 Å². The summed E-state index contributed by atoms with van der Waals surface area (Å²) in [5, 5.41) is 0.291. The molecule has 0 bridgehead atoms. The lowest BCUT2D eigenvalue weighted by Crippen LogP contribution is -2.23. The van der Waals surface area contributed by atoms with Crippen LogP contribution in [0.15, 0.2) is 38.3 Å². The molecular formula is C18H14Cl2N2O5.